The Morgan fingerprint density at radius 3 is 2.88 bits per heavy atom. The van der Waals surface area contributed by atoms with E-state index in [9.17, 15) is 0 Å². The fourth-order valence-electron chi connectivity index (χ4n) is 1.90. The van der Waals surface area contributed by atoms with Crippen LogP contribution in [-0.4, -0.2) is 13.2 Å². The first-order valence-electron chi connectivity index (χ1n) is 6.26. The summed E-state index contributed by atoms with van der Waals surface area (Å²) in [7, 11) is 0. The Morgan fingerprint density at radius 1 is 1.44 bits per heavy atom. The maximum atomic E-state index is 5.77. The second kappa shape index (κ2) is 5.35. The van der Waals surface area contributed by atoms with Crippen LogP contribution in [-0.2, 0) is 0 Å². The predicted octanol–water partition coefficient (Wildman–Crippen LogP) is 2.93. The van der Waals surface area contributed by atoms with Gasteiger partial charge in [0.05, 0.1) is 6.61 Å². The highest BCUT2D eigenvalue weighted by atomic mass is 16.5. The van der Waals surface area contributed by atoms with Gasteiger partial charge in [0, 0.05) is 0 Å². The number of rotatable bonds is 6. The van der Waals surface area contributed by atoms with Gasteiger partial charge < -0.3 is 10.5 Å². The van der Waals surface area contributed by atoms with Gasteiger partial charge in [0.2, 0.25) is 0 Å². The molecule has 1 saturated carbocycles. The van der Waals surface area contributed by atoms with Gasteiger partial charge in [-0.2, -0.15) is 0 Å². The fourth-order valence-corrected chi connectivity index (χ4v) is 1.90. The summed E-state index contributed by atoms with van der Waals surface area (Å²) in [5, 5.41) is 0. The highest BCUT2D eigenvalue weighted by molar-refractivity contribution is 5.31. The number of hydrogen-bond donors (Lipinski definition) is 1. The normalized spacial score (nSPS) is 17.1. The second-order valence-corrected chi connectivity index (χ2v) is 4.67. The summed E-state index contributed by atoms with van der Waals surface area (Å²) in [5.74, 6) is 2.26. The van der Waals surface area contributed by atoms with Crippen molar-refractivity contribution in [3.8, 4) is 5.75 Å². The van der Waals surface area contributed by atoms with E-state index in [0.29, 0.717) is 12.5 Å². The molecule has 2 nitrogen and oxygen atoms in total. The Balaban J connectivity index is 1.99. The second-order valence-electron chi connectivity index (χ2n) is 4.67. The fraction of sp³-hybridized carbons (Fsp3) is 0.571. The molecule has 0 unspecified atom stereocenters. The number of ether oxygens (including phenoxy) is 1. The van der Waals surface area contributed by atoms with Gasteiger partial charge in [-0.05, 0) is 55.3 Å². The van der Waals surface area contributed by atoms with Crippen LogP contribution < -0.4 is 10.5 Å². The van der Waals surface area contributed by atoms with Crippen molar-refractivity contribution in [1.29, 1.82) is 0 Å². The summed E-state index contributed by atoms with van der Waals surface area (Å²) >= 11 is 0. The largest absolute Gasteiger partial charge is 0.493 e. The van der Waals surface area contributed by atoms with E-state index in [1.54, 1.807) is 0 Å². The summed E-state index contributed by atoms with van der Waals surface area (Å²) in [6.45, 7) is 3.76. The summed E-state index contributed by atoms with van der Waals surface area (Å²) < 4.78 is 5.77. The molecule has 0 radical (unpaired) electrons. The van der Waals surface area contributed by atoms with Crippen LogP contribution in [0.1, 0.15) is 37.7 Å². The van der Waals surface area contributed by atoms with Crippen LogP contribution >= 0.6 is 0 Å². The van der Waals surface area contributed by atoms with Crippen molar-refractivity contribution in [3.63, 3.8) is 0 Å². The lowest BCUT2D eigenvalue weighted by Gasteiger charge is -2.14. The first-order chi connectivity index (χ1) is 7.83. The topological polar surface area (TPSA) is 35.2 Å². The molecule has 2 rings (SSSR count). The molecule has 0 bridgehead atoms. The van der Waals surface area contributed by atoms with E-state index in [1.807, 2.05) is 6.07 Å². The first kappa shape index (κ1) is 11.5. The van der Waals surface area contributed by atoms with Crippen LogP contribution in [0.25, 0.3) is 0 Å². The Morgan fingerprint density at radius 2 is 2.25 bits per heavy atom. The molecule has 1 aromatic carbocycles. The van der Waals surface area contributed by atoms with E-state index in [4.69, 9.17) is 10.5 Å². The summed E-state index contributed by atoms with van der Waals surface area (Å²) in [6.07, 6.45) is 3.75. The highest BCUT2D eigenvalue weighted by Crippen LogP contribution is 2.30. The molecular weight excluding hydrogens is 198 g/mol. The minimum atomic E-state index is 0.462. The zero-order chi connectivity index (χ0) is 11.4. The average Bonchev–Trinajstić information content (AvgIpc) is 3.13. The minimum Gasteiger partial charge on any atom is -0.493 e. The van der Waals surface area contributed by atoms with Gasteiger partial charge in [0.1, 0.15) is 5.75 Å². The van der Waals surface area contributed by atoms with E-state index in [1.165, 1.54) is 18.4 Å². The Hall–Kier alpha value is -1.02. The van der Waals surface area contributed by atoms with Crippen LogP contribution in [0, 0.1) is 5.92 Å². The molecule has 16 heavy (non-hydrogen) atoms. The smallest absolute Gasteiger partial charge is 0.119 e. The molecule has 2 heteroatoms. The first-order valence-corrected chi connectivity index (χ1v) is 6.26. The molecule has 0 amide bonds. The van der Waals surface area contributed by atoms with Crippen molar-refractivity contribution in [1.82, 2.24) is 0 Å². The lowest BCUT2D eigenvalue weighted by atomic mass is 9.97. The van der Waals surface area contributed by atoms with E-state index in [-0.39, 0.29) is 0 Å². The van der Waals surface area contributed by atoms with Gasteiger partial charge in [0.15, 0.2) is 0 Å². The molecule has 2 N–H and O–H groups in total. The Labute approximate surface area is 97.8 Å². The average molecular weight is 219 g/mol. The molecular formula is C14H21NO. The van der Waals surface area contributed by atoms with Gasteiger partial charge in [-0.15, -0.1) is 0 Å². The zero-order valence-corrected chi connectivity index (χ0v) is 9.99. The number of hydrogen-bond acceptors (Lipinski definition) is 2. The third-order valence-electron chi connectivity index (χ3n) is 3.29. The molecule has 1 aromatic rings. The van der Waals surface area contributed by atoms with E-state index in [2.05, 4.69) is 25.1 Å². The third-order valence-corrected chi connectivity index (χ3v) is 3.29. The molecule has 1 fully saturated rings. The van der Waals surface area contributed by atoms with Crippen molar-refractivity contribution in [2.45, 2.75) is 32.1 Å². The molecule has 0 heterocycles. The summed E-state index contributed by atoms with van der Waals surface area (Å²) in [4.78, 5) is 0. The Bertz CT molecular complexity index is 329. The molecule has 0 saturated heterocycles. The van der Waals surface area contributed by atoms with Crippen molar-refractivity contribution < 1.29 is 4.74 Å². The van der Waals surface area contributed by atoms with Crippen LogP contribution in [0.15, 0.2) is 24.3 Å². The van der Waals surface area contributed by atoms with Crippen LogP contribution in [0.4, 0.5) is 0 Å². The van der Waals surface area contributed by atoms with Gasteiger partial charge >= 0.3 is 0 Å². The van der Waals surface area contributed by atoms with Crippen molar-refractivity contribution >= 4 is 0 Å². The maximum absolute atomic E-state index is 5.77. The molecule has 88 valence electrons. The SMILES string of the molecule is CC[C@@H](CN)c1cccc(OCC2CC2)c1. The highest BCUT2D eigenvalue weighted by Gasteiger charge is 2.21. The monoisotopic (exact) mass is 219 g/mol. The lowest BCUT2D eigenvalue weighted by Crippen LogP contribution is -2.11. The van der Waals surface area contributed by atoms with E-state index < -0.39 is 0 Å². The van der Waals surface area contributed by atoms with Crippen molar-refractivity contribution in [2.24, 2.45) is 11.7 Å². The minimum absolute atomic E-state index is 0.462. The van der Waals surface area contributed by atoms with Crippen LogP contribution in [0.2, 0.25) is 0 Å². The summed E-state index contributed by atoms with van der Waals surface area (Å²) in [6, 6.07) is 8.39. The van der Waals surface area contributed by atoms with Gasteiger partial charge in [-0.25, -0.2) is 0 Å². The Kier molecular flexibility index (Phi) is 3.83. The maximum Gasteiger partial charge on any atom is 0.119 e. The van der Waals surface area contributed by atoms with Crippen LogP contribution in [0.3, 0.4) is 0 Å². The lowest BCUT2D eigenvalue weighted by molar-refractivity contribution is 0.299. The number of benzene rings is 1. The third kappa shape index (κ3) is 2.99. The molecule has 0 spiro atoms. The zero-order valence-electron chi connectivity index (χ0n) is 9.99. The van der Waals surface area contributed by atoms with Crippen molar-refractivity contribution in [3.05, 3.63) is 29.8 Å². The molecule has 1 aliphatic carbocycles. The molecule has 1 atom stereocenters. The van der Waals surface area contributed by atoms with Gasteiger partial charge in [0.25, 0.3) is 0 Å². The molecule has 0 aliphatic heterocycles. The standard InChI is InChI=1S/C14H21NO/c1-2-12(9-15)13-4-3-5-14(8-13)16-10-11-6-7-11/h3-5,8,11-12H,2,6-7,9-10,15H2,1H3/t12-/m0/s1. The predicted molar refractivity (Wildman–Crippen MR) is 66.7 cm³/mol. The molecule has 1 aliphatic rings. The number of nitrogens with two attached hydrogens (primary N) is 1. The van der Waals surface area contributed by atoms with Crippen LogP contribution in [0.5, 0.6) is 5.75 Å². The quantitative estimate of drug-likeness (QED) is 0.798. The van der Waals surface area contributed by atoms with E-state index in [0.717, 1.165) is 24.7 Å². The molecule has 0 aromatic heterocycles. The van der Waals surface area contributed by atoms with Gasteiger partial charge in [-0.3, -0.25) is 0 Å². The summed E-state index contributed by atoms with van der Waals surface area (Å²) in [5.41, 5.74) is 7.06. The van der Waals surface area contributed by atoms with Gasteiger partial charge in [-0.1, -0.05) is 19.1 Å². The van der Waals surface area contributed by atoms with Crippen molar-refractivity contribution in [2.75, 3.05) is 13.2 Å². The van der Waals surface area contributed by atoms with E-state index >= 15 is 0 Å².